The van der Waals surface area contributed by atoms with Gasteiger partial charge in [-0.25, -0.2) is 14.4 Å². The molecule has 25 nitrogen and oxygen atoms in total. The third-order valence-electron chi connectivity index (χ3n) is 19.1. The Hall–Kier alpha value is -8.36. The Balaban J connectivity index is 1.02. The largest absolute Gasteiger partial charge is 0.455 e. The van der Waals surface area contributed by atoms with Crippen molar-refractivity contribution in [3.05, 3.63) is 124 Å². The zero-order valence-electron chi connectivity index (χ0n) is 55.5. The molecule has 3 fully saturated rings. The number of aliphatic hydroxyl groups excluding tert-OH is 2. The van der Waals surface area contributed by atoms with Crippen LogP contribution >= 0.6 is 11.6 Å². The standard InChI is InChI=1S/C70H89ClN6O19/c1-38-47(36-70(91)60(95-63(88)42-20-14-11-15-21-42)58-68(8)37-92-49(68)35-48(79)69(58,9)59(85)56(84)54(38)67(70,6)7)93-64(89)57(55(41-18-12-10-13-19-41)77-65(90)96-66(3,4)5)94-53(83)32-31-50(80)74-33-17-16-22-45(62(73)87)76-52(82)30-26-43(61(72)86)34-46(78)39(2)75-51(81)29-25-40-23-27-44(71)28-24-40/h10-15,18-21,23-25,27-29,39,43,45,47-49,55-58,60,79,84,91H,16-17,22,26,30-37H2,1-9H3,(H2,72,86)(H2,73,87)(H,74,80)(H,75,81)(H,76,82)(H,77,90)/b29-25+/t39?,43-,45?,47+,48+,49-,55+,56-,57-,58-,60+,68-,69-,70-/m1/s1. The van der Waals surface area contributed by atoms with E-state index in [1.807, 2.05) is 0 Å². The van der Waals surface area contributed by atoms with E-state index >= 15 is 9.59 Å². The molecule has 3 aromatic rings. The average Bonchev–Trinajstić information content (AvgIpc) is 0.674. The summed E-state index contributed by atoms with van der Waals surface area (Å²) in [6.07, 6.45) is -9.62. The van der Waals surface area contributed by atoms with Crippen molar-refractivity contribution in [2.75, 3.05) is 13.2 Å². The molecule has 14 atom stereocenters. The third kappa shape index (κ3) is 17.4. The summed E-state index contributed by atoms with van der Waals surface area (Å²) >= 11 is 5.91. The number of ether oxygens (including phenoxy) is 5. The maximum absolute atomic E-state index is 15.3. The Morgan fingerprint density at radius 2 is 1.45 bits per heavy atom. The summed E-state index contributed by atoms with van der Waals surface area (Å²) in [5.41, 5.74) is 4.32. The van der Waals surface area contributed by atoms with Crippen LogP contribution in [0, 0.1) is 28.1 Å². The number of halogens is 1. The number of nitrogens with two attached hydrogens (primary N) is 2. The van der Waals surface area contributed by atoms with Crippen LogP contribution in [-0.4, -0.2) is 153 Å². The number of alkyl carbamates (subject to hydrolysis) is 1. The Kier molecular flexibility index (Phi) is 24.4. The highest BCUT2D eigenvalue weighted by molar-refractivity contribution is 6.30. The number of amides is 6. The number of hydrogen-bond acceptors (Lipinski definition) is 19. The number of benzene rings is 3. The Morgan fingerprint density at radius 1 is 0.802 bits per heavy atom. The summed E-state index contributed by atoms with van der Waals surface area (Å²) in [6.45, 7) is 14.2. The zero-order valence-corrected chi connectivity index (χ0v) is 56.2. The molecule has 520 valence electrons. The number of aliphatic hydroxyl groups is 3. The topological polar surface area (TPSA) is 395 Å². The number of fused-ring (bicyclic) bond motifs is 5. The lowest BCUT2D eigenvalue weighted by Gasteiger charge is -2.68. The summed E-state index contributed by atoms with van der Waals surface area (Å²) in [4.78, 5) is 149. The van der Waals surface area contributed by atoms with E-state index in [0.29, 0.717) is 10.6 Å². The fraction of sp³-hybridized carbons (Fsp3) is 0.529. The molecule has 1 heterocycles. The van der Waals surface area contributed by atoms with E-state index in [1.165, 1.54) is 57.2 Å². The predicted octanol–water partition coefficient (Wildman–Crippen LogP) is 5.26. The van der Waals surface area contributed by atoms with Gasteiger partial charge in [0.05, 0.1) is 42.3 Å². The van der Waals surface area contributed by atoms with Gasteiger partial charge in [0, 0.05) is 72.4 Å². The molecular weight excluding hydrogens is 1260 g/mol. The van der Waals surface area contributed by atoms with Crippen molar-refractivity contribution < 1.29 is 91.7 Å². The predicted molar refractivity (Wildman–Crippen MR) is 348 cm³/mol. The summed E-state index contributed by atoms with van der Waals surface area (Å²) in [6, 6.07) is 18.8. The summed E-state index contributed by atoms with van der Waals surface area (Å²) in [5, 5.41) is 49.2. The van der Waals surface area contributed by atoms with Gasteiger partial charge in [-0.2, -0.15) is 0 Å². The van der Waals surface area contributed by atoms with E-state index in [-0.39, 0.29) is 80.4 Å². The molecule has 2 unspecified atom stereocenters. The average molecular weight is 1350 g/mol. The molecule has 7 rings (SSSR count). The van der Waals surface area contributed by atoms with Crippen LogP contribution in [0.5, 0.6) is 0 Å². The van der Waals surface area contributed by atoms with Crippen LogP contribution in [-0.2, 0) is 66.8 Å². The fourth-order valence-electron chi connectivity index (χ4n) is 13.6. The second-order valence-electron chi connectivity index (χ2n) is 27.3. The van der Waals surface area contributed by atoms with Crippen molar-refractivity contribution >= 4 is 82.8 Å². The number of unbranched alkanes of at least 4 members (excludes halogenated alkanes) is 1. The molecule has 3 aliphatic carbocycles. The highest BCUT2D eigenvalue weighted by Gasteiger charge is 2.75. The number of carbonyl (C=O) groups is 11. The molecule has 2 bridgehead atoms. The van der Waals surface area contributed by atoms with E-state index in [9.17, 15) is 58.5 Å². The highest BCUT2D eigenvalue weighted by atomic mass is 35.5. The molecule has 1 aliphatic heterocycles. The molecule has 6 amide bonds. The molecule has 11 N–H and O–H groups in total. The zero-order chi connectivity index (χ0) is 70.8. The second-order valence-corrected chi connectivity index (χ2v) is 27.7. The molecule has 26 heteroatoms. The van der Waals surface area contributed by atoms with Crippen LogP contribution in [0.3, 0.4) is 0 Å². The third-order valence-corrected chi connectivity index (χ3v) is 19.4. The minimum Gasteiger partial charge on any atom is -0.455 e. The first-order valence-corrected chi connectivity index (χ1v) is 32.5. The Morgan fingerprint density at radius 3 is 2.05 bits per heavy atom. The SMILES string of the molecule is CC1=C2[C@@H](O)C(=O)[C@@]3(C)[C@H]([C@H](OC(=O)c4ccccc4)[C@](O)(C[C@@H]1OC(=O)[C@H](OC(=O)CCC(=O)NCCCCC(NC(=O)CC[C@H](CC(=O)C(C)NC(=O)/C=C/c1ccc(Cl)cc1)C(N)=O)C(N)=O)[C@@H](NC(=O)OC(C)(C)C)c1ccccc1)C2(C)C)[C@]1(C)CO[C@@H]1C[C@@H]3O. The first-order valence-electron chi connectivity index (χ1n) is 32.1. The van der Waals surface area contributed by atoms with Crippen LogP contribution < -0.4 is 32.7 Å². The second kappa shape index (κ2) is 31.2. The number of esters is 3. The van der Waals surface area contributed by atoms with Crippen molar-refractivity contribution in [3.63, 3.8) is 0 Å². The van der Waals surface area contributed by atoms with Crippen molar-refractivity contribution in [1.82, 2.24) is 21.3 Å². The van der Waals surface area contributed by atoms with Gasteiger partial charge in [-0.15, -0.1) is 0 Å². The Labute approximate surface area is 562 Å². The number of ketones is 2. The highest BCUT2D eigenvalue weighted by Crippen LogP contribution is 2.66. The normalized spacial score (nSPS) is 25.8. The van der Waals surface area contributed by atoms with Crippen molar-refractivity contribution in [3.8, 4) is 0 Å². The minimum atomic E-state index is -2.33. The van der Waals surface area contributed by atoms with Gasteiger partial charge < -0.3 is 71.7 Å². The van der Waals surface area contributed by atoms with E-state index in [4.69, 9.17) is 46.8 Å². The molecule has 96 heavy (non-hydrogen) atoms. The molecule has 1 saturated heterocycles. The number of rotatable bonds is 28. The van der Waals surface area contributed by atoms with Crippen LogP contribution in [0.4, 0.5) is 4.79 Å². The van der Waals surface area contributed by atoms with Gasteiger partial charge in [0.2, 0.25) is 35.6 Å². The van der Waals surface area contributed by atoms with Gasteiger partial charge in [-0.3, -0.25) is 38.4 Å². The lowest BCUT2D eigenvalue weighted by atomic mass is 9.42. The first kappa shape index (κ1) is 75.0. The number of carbonyl (C=O) groups excluding carboxylic acids is 11. The number of nitrogens with one attached hydrogen (secondary N) is 4. The maximum Gasteiger partial charge on any atom is 0.408 e. The van der Waals surface area contributed by atoms with E-state index < -0.39 is 178 Å². The summed E-state index contributed by atoms with van der Waals surface area (Å²) < 4.78 is 30.3. The monoisotopic (exact) mass is 1350 g/mol. The van der Waals surface area contributed by atoms with Crippen molar-refractivity contribution in [1.29, 1.82) is 0 Å². The van der Waals surface area contributed by atoms with E-state index in [1.54, 1.807) is 102 Å². The number of hydrogen-bond donors (Lipinski definition) is 9. The van der Waals surface area contributed by atoms with Gasteiger partial charge in [-0.05, 0) is 120 Å². The molecular formula is C70H89ClN6O19. The lowest BCUT2D eigenvalue weighted by Crippen LogP contribution is -2.77. The van der Waals surface area contributed by atoms with Crippen LogP contribution in [0.1, 0.15) is 154 Å². The van der Waals surface area contributed by atoms with Gasteiger partial charge >= 0.3 is 24.0 Å². The van der Waals surface area contributed by atoms with Crippen molar-refractivity contribution in [2.24, 2.45) is 39.5 Å². The van der Waals surface area contributed by atoms with Gasteiger partial charge in [0.25, 0.3) is 0 Å². The minimum absolute atomic E-state index is 0.00388. The molecule has 0 radical (unpaired) electrons. The smallest absolute Gasteiger partial charge is 0.408 e. The van der Waals surface area contributed by atoms with E-state index in [2.05, 4.69) is 21.3 Å². The molecule has 4 aliphatic rings. The molecule has 2 saturated carbocycles. The Bertz CT molecular complexity index is 3470. The van der Waals surface area contributed by atoms with E-state index in [0.717, 1.165) is 0 Å². The number of Topliss-reactive ketones (excluding diaryl/α,β-unsaturated/α-hetero) is 2. The number of primary amides is 2. The van der Waals surface area contributed by atoms with Crippen molar-refractivity contribution in [2.45, 2.75) is 192 Å². The summed E-state index contributed by atoms with van der Waals surface area (Å²) in [7, 11) is 0. The van der Waals surface area contributed by atoms with Crippen LogP contribution in [0.25, 0.3) is 6.08 Å². The van der Waals surface area contributed by atoms with Crippen LogP contribution in [0.2, 0.25) is 5.02 Å². The van der Waals surface area contributed by atoms with Gasteiger partial charge in [0.15, 0.2) is 11.6 Å². The molecule has 0 aromatic heterocycles. The maximum atomic E-state index is 15.3. The van der Waals surface area contributed by atoms with Crippen LogP contribution in [0.15, 0.2) is 102 Å². The van der Waals surface area contributed by atoms with Gasteiger partial charge in [-0.1, -0.05) is 93.0 Å². The molecule has 3 aromatic carbocycles. The first-order chi connectivity index (χ1) is 45.0. The fourth-order valence-corrected chi connectivity index (χ4v) is 13.7. The summed E-state index contributed by atoms with van der Waals surface area (Å²) in [5.74, 6) is -10.5. The van der Waals surface area contributed by atoms with Gasteiger partial charge in [0.1, 0.15) is 41.6 Å². The quantitative estimate of drug-likeness (QED) is 0.0147. The molecule has 0 spiro atoms. The lowest BCUT2D eigenvalue weighted by molar-refractivity contribution is -0.313.